The lowest BCUT2D eigenvalue weighted by Crippen LogP contribution is -2.13. The van der Waals surface area contributed by atoms with Gasteiger partial charge in [0, 0.05) is 11.4 Å². The molecule has 0 aliphatic heterocycles. The summed E-state index contributed by atoms with van der Waals surface area (Å²) in [6.07, 6.45) is 1.57. The average molecular weight is 330 g/mol. The number of methoxy groups -OCH3 is 2. The highest BCUT2D eigenvalue weighted by molar-refractivity contribution is 7.13. The summed E-state index contributed by atoms with van der Waals surface area (Å²) in [5.74, 6) is 1.47. The number of amides is 1. The average Bonchev–Trinajstić information content (AvgIpc) is 3.25. The van der Waals surface area contributed by atoms with Crippen LogP contribution in [0.25, 0.3) is 10.8 Å². The van der Waals surface area contributed by atoms with Gasteiger partial charge in [-0.15, -0.1) is 11.3 Å². The number of hydrogen-bond acceptors (Lipinski definition) is 6. The van der Waals surface area contributed by atoms with Crippen molar-refractivity contribution < 1.29 is 18.7 Å². The number of ether oxygens (including phenoxy) is 2. The number of carbonyl (C=O) groups is 1. The molecule has 23 heavy (non-hydrogen) atoms. The minimum atomic E-state index is -0.328. The van der Waals surface area contributed by atoms with E-state index in [1.165, 1.54) is 18.4 Å². The van der Waals surface area contributed by atoms with Crippen molar-refractivity contribution in [2.75, 3.05) is 19.5 Å². The van der Waals surface area contributed by atoms with Crippen LogP contribution in [0.15, 0.2) is 46.4 Å². The first kappa shape index (κ1) is 15.1. The summed E-state index contributed by atoms with van der Waals surface area (Å²) < 4.78 is 15.7. The molecule has 0 saturated heterocycles. The fraction of sp³-hybridized carbons (Fsp3) is 0.125. The second-order valence-corrected chi connectivity index (χ2v) is 5.39. The Kier molecular flexibility index (Phi) is 4.29. The van der Waals surface area contributed by atoms with Crippen LogP contribution >= 0.6 is 11.3 Å². The van der Waals surface area contributed by atoms with E-state index in [0.29, 0.717) is 33.6 Å². The molecule has 0 spiro atoms. The Morgan fingerprint density at radius 3 is 2.83 bits per heavy atom. The fourth-order valence-corrected chi connectivity index (χ4v) is 2.76. The lowest BCUT2D eigenvalue weighted by molar-refractivity contribution is 0.102. The number of aromatic nitrogens is 1. The van der Waals surface area contributed by atoms with Gasteiger partial charge in [-0.3, -0.25) is 4.79 Å². The molecule has 0 saturated carbocycles. The van der Waals surface area contributed by atoms with Crippen molar-refractivity contribution in [2.24, 2.45) is 0 Å². The molecule has 6 nitrogen and oxygen atoms in total. The number of anilines is 1. The van der Waals surface area contributed by atoms with Crippen molar-refractivity contribution >= 4 is 22.9 Å². The molecule has 3 aromatic rings. The van der Waals surface area contributed by atoms with Crippen LogP contribution in [0.4, 0.5) is 5.69 Å². The molecule has 0 bridgehead atoms. The third-order valence-electron chi connectivity index (χ3n) is 3.12. The van der Waals surface area contributed by atoms with Crippen LogP contribution in [0, 0.1) is 0 Å². The second-order valence-electron chi connectivity index (χ2n) is 4.54. The zero-order valence-electron chi connectivity index (χ0n) is 12.5. The Morgan fingerprint density at radius 1 is 1.26 bits per heavy atom. The highest BCUT2D eigenvalue weighted by atomic mass is 32.1. The number of nitrogens with zero attached hydrogens (tertiary/aromatic N) is 1. The monoisotopic (exact) mass is 330 g/mol. The Hall–Kier alpha value is -2.80. The molecule has 0 radical (unpaired) electrons. The van der Waals surface area contributed by atoms with Crippen LogP contribution in [-0.4, -0.2) is 25.1 Å². The predicted molar refractivity (Wildman–Crippen MR) is 87.3 cm³/mol. The summed E-state index contributed by atoms with van der Waals surface area (Å²) in [7, 11) is 3.10. The first-order chi connectivity index (χ1) is 11.2. The van der Waals surface area contributed by atoms with Crippen molar-refractivity contribution in [3.8, 4) is 22.3 Å². The SMILES string of the molecule is COc1ccc(OC)c(NC(=O)c2csc(-c3ccco3)n2)c1. The van der Waals surface area contributed by atoms with Crippen molar-refractivity contribution in [1.29, 1.82) is 0 Å². The van der Waals surface area contributed by atoms with E-state index < -0.39 is 0 Å². The maximum Gasteiger partial charge on any atom is 0.275 e. The van der Waals surface area contributed by atoms with E-state index in [-0.39, 0.29) is 5.91 Å². The van der Waals surface area contributed by atoms with E-state index in [1.807, 2.05) is 0 Å². The summed E-state index contributed by atoms with van der Waals surface area (Å²) in [4.78, 5) is 16.7. The molecule has 118 valence electrons. The van der Waals surface area contributed by atoms with E-state index >= 15 is 0 Å². The van der Waals surface area contributed by atoms with Crippen molar-refractivity contribution in [3.05, 3.63) is 47.7 Å². The van der Waals surface area contributed by atoms with Crippen LogP contribution in [-0.2, 0) is 0 Å². The van der Waals surface area contributed by atoms with Gasteiger partial charge < -0.3 is 19.2 Å². The Bertz CT molecular complexity index is 811. The van der Waals surface area contributed by atoms with Crippen LogP contribution in [0.5, 0.6) is 11.5 Å². The molecule has 2 aromatic heterocycles. The molecule has 0 aliphatic carbocycles. The first-order valence-electron chi connectivity index (χ1n) is 6.74. The van der Waals surface area contributed by atoms with E-state index in [9.17, 15) is 4.79 Å². The number of carbonyl (C=O) groups excluding carboxylic acids is 1. The number of hydrogen-bond donors (Lipinski definition) is 1. The van der Waals surface area contributed by atoms with Gasteiger partial charge in [-0.1, -0.05) is 0 Å². The van der Waals surface area contributed by atoms with Gasteiger partial charge in [-0.25, -0.2) is 4.98 Å². The van der Waals surface area contributed by atoms with Gasteiger partial charge in [0.05, 0.1) is 26.2 Å². The van der Waals surface area contributed by atoms with Crippen LogP contribution in [0.3, 0.4) is 0 Å². The lowest BCUT2D eigenvalue weighted by Gasteiger charge is -2.10. The number of nitrogens with one attached hydrogen (secondary N) is 1. The molecular formula is C16H14N2O4S. The van der Waals surface area contributed by atoms with Gasteiger partial charge in [0.1, 0.15) is 17.2 Å². The molecule has 0 unspecified atom stereocenters. The third kappa shape index (κ3) is 3.19. The van der Waals surface area contributed by atoms with Gasteiger partial charge in [0.2, 0.25) is 0 Å². The van der Waals surface area contributed by atoms with Crippen molar-refractivity contribution in [3.63, 3.8) is 0 Å². The molecule has 1 aromatic carbocycles. The number of rotatable bonds is 5. The van der Waals surface area contributed by atoms with Crippen LogP contribution in [0.2, 0.25) is 0 Å². The second kappa shape index (κ2) is 6.53. The van der Waals surface area contributed by atoms with Crippen LogP contribution < -0.4 is 14.8 Å². The highest BCUT2D eigenvalue weighted by Gasteiger charge is 2.15. The molecule has 2 heterocycles. The zero-order valence-corrected chi connectivity index (χ0v) is 13.3. The molecule has 0 aliphatic rings. The standard InChI is InChI=1S/C16H14N2O4S/c1-20-10-5-6-13(21-2)11(8-10)17-15(19)12-9-23-16(18-12)14-4-3-7-22-14/h3-9H,1-2H3,(H,17,19). The normalized spacial score (nSPS) is 10.3. The topological polar surface area (TPSA) is 73.6 Å². The molecule has 0 fully saturated rings. The zero-order chi connectivity index (χ0) is 16.2. The molecule has 0 atom stereocenters. The number of thiazole rings is 1. The fourth-order valence-electron chi connectivity index (χ4n) is 1.99. The van der Waals surface area contributed by atoms with Gasteiger partial charge in [0.25, 0.3) is 5.91 Å². The molecule has 1 amide bonds. The van der Waals surface area contributed by atoms with E-state index in [4.69, 9.17) is 13.9 Å². The van der Waals surface area contributed by atoms with Crippen molar-refractivity contribution in [1.82, 2.24) is 4.98 Å². The van der Waals surface area contributed by atoms with E-state index in [1.54, 1.807) is 49.1 Å². The Balaban J connectivity index is 1.82. The maximum absolute atomic E-state index is 12.4. The van der Waals surface area contributed by atoms with Crippen molar-refractivity contribution in [2.45, 2.75) is 0 Å². The van der Waals surface area contributed by atoms with Gasteiger partial charge >= 0.3 is 0 Å². The first-order valence-corrected chi connectivity index (χ1v) is 7.62. The summed E-state index contributed by atoms with van der Waals surface area (Å²) in [5, 5.41) is 5.11. The lowest BCUT2D eigenvalue weighted by atomic mass is 10.2. The molecule has 3 rings (SSSR count). The summed E-state index contributed by atoms with van der Waals surface area (Å²) >= 11 is 1.34. The smallest absolute Gasteiger partial charge is 0.275 e. The number of furan rings is 1. The minimum Gasteiger partial charge on any atom is -0.497 e. The highest BCUT2D eigenvalue weighted by Crippen LogP contribution is 2.30. The summed E-state index contributed by atoms with van der Waals surface area (Å²) in [6, 6.07) is 8.75. The summed E-state index contributed by atoms with van der Waals surface area (Å²) in [6.45, 7) is 0. The summed E-state index contributed by atoms with van der Waals surface area (Å²) in [5.41, 5.74) is 0.829. The van der Waals surface area contributed by atoms with E-state index in [0.717, 1.165) is 0 Å². The van der Waals surface area contributed by atoms with Gasteiger partial charge in [-0.05, 0) is 24.3 Å². The predicted octanol–water partition coefficient (Wildman–Crippen LogP) is 3.67. The van der Waals surface area contributed by atoms with Crippen LogP contribution in [0.1, 0.15) is 10.5 Å². The third-order valence-corrected chi connectivity index (χ3v) is 3.98. The maximum atomic E-state index is 12.4. The number of benzene rings is 1. The van der Waals surface area contributed by atoms with E-state index in [2.05, 4.69) is 10.3 Å². The minimum absolute atomic E-state index is 0.311. The largest absolute Gasteiger partial charge is 0.497 e. The molecular weight excluding hydrogens is 316 g/mol. The Morgan fingerprint density at radius 2 is 2.13 bits per heavy atom. The van der Waals surface area contributed by atoms with Gasteiger partial charge in [-0.2, -0.15) is 0 Å². The molecule has 7 heteroatoms. The van der Waals surface area contributed by atoms with Gasteiger partial charge in [0.15, 0.2) is 10.8 Å². The quantitative estimate of drug-likeness (QED) is 0.772. The Labute approximate surface area is 136 Å². The molecule has 1 N–H and O–H groups in total.